The molecule has 3 unspecified atom stereocenters. The van der Waals surface area contributed by atoms with E-state index in [1.807, 2.05) is 32.9 Å². The number of carbonyl (C=O) groups excluding carboxylic acids is 3. The molecule has 11 nitrogen and oxygen atoms in total. The number of nitrogens with one attached hydrogen (secondary N) is 1. The van der Waals surface area contributed by atoms with Gasteiger partial charge >= 0.3 is 11.9 Å². The van der Waals surface area contributed by atoms with Gasteiger partial charge in [0, 0.05) is 12.5 Å². The topological polar surface area (TPSA) is 143 Å². The molecule has 3 aromatic rings. The summed E-state index contributed by atoms with van der Waals surface area (Å²) in [5.41, 5.74) is 3.41. The number of aryl methyl sites for hydroxylation is 1. The number of methoxy groups -OCH3 is 1. The molecule has 4 rings (SSSR count). The molecule has 0 spiro atoms. The number of benzene rings is 3. The zero-order valence-electron chi connectivity index (χ0n) is 35.3. The molecule has 316 valence electrons. The van der Waals surface area contributed by atoms with Crippen molar-refractivity contribution in [3.8, 4) is 11.5 Å². The number of amides is 1. The van der Waals surface area contributed by atoms with Gasteiger partial charge in [0.05, 0.1) is 7.11 Å². The maximum atomic E-state index is 12.4. The zero-order chi connectivity index (χ0) is 42.5. The lowest BCUT2D eigenvalue weighted by Crippen LogP contribution is -2.40. The van der Waals surface area contributed by atoms with Gasteiger partial charge in [-0.2, -0.15) is 0 Å². The van der Waals surface area contributed by atoms with Crippen molar-refractivity contribution in [2.75, 3.05) is 7.11 Å². The van der Waals surface area contributed by atoms with E-state index in [1.165, 1.54) is 82.3 Å². The Bertz CT molecular complexity index is 1710. The highest BCUT2D eigenvalue weighted by atomic mass is 16.9. The van der Waals surface area contributed by atoms with E-state index in [0.717, 1.165) is 18.3 Å². The van der Waals surface area contributed by atoms with Crippen LogP contribution in [0, 0.1) is 22.0 Å². The zero-order valence-corrected chi connectivity index (χ0v) is 35.3. The minimum absolute atomic E-state index is 0.0161. The lowest BCUT2D eigenvalue weighted by molar-refractivity contribution is -0.763. The normalized spacial score (nSPS) is 15.0. The highest BCUT2D eigenvalue weighted by molar-refractivity contribution is 5.87. The molecular formula is C47H64N2O9. The van der Waals surface area contributed by atoms with Crippen LogP contribution >= 0.6 is 0 Å². The Morgan fingerprint density at radius 2 is 1.60 bits per heavy atom. The van der Waals surface area contributed by atoms with Crippen molar-refractivity contribution in [2.45, 2.75) is 125 Å². The predicted octanol–water partition coefficient (Wildman–Crippen LogP) is 10.6. The molecule has 0 aromatic heterocycles. The highest BCUT2D eigenvalue weighted by Gasteiger charge is 2.21. The summed E-state index contributed by atoms with van der Waals surface area (Å²) in [6, 6.07) is 21.4. The molecule has 58 heavy (non-hydrogen) atoms. The molecule has 1 aliphatic rings. The first kappa shape index (κ1) is 48.7. The first-order chi connectivity index (χ1) is 28.1. The average Bonchev–Trinajstić information content (AvgIpc) is 3.66. The third-order valence-corrected chi connectivity index (χ3v) is 9.52. The van der Waals surface area contributed by atoms with Crippen LogP contribution in [0.5, 0.6) is 11.5 Å². The van der Waals surface area contributed by atoms with Gasteiger partial charge in [0.15, 0.2) is 11.5 Å². The molecule has 1 amide bonds. The maximum absolute atomic E-state index is 12.4. The van der Waals surface area contributed by atoms with Crippen molar-refractivity contribution in [1.29, 1.82) is 0 Å². The van der Waals surface area contributed by atoms with Gasteiger partial charge in [0.1, 0.15) is 19.3 Å². The summed E-state index contributed by atoms with van der Waals surface area (Å²) in [5, 5.41) is 12.0. The molecule has 0 saturated heterocycles. The molecule has 1 fully saturated rings. The van der Waals surface area contributed by atoms with Crippen molar-refractivity contribution >= 4 is 23.9 Å². The molecule has 0 aliphatic heterocycles. The maximum Gasteiger partial charge on any atom is 0.333 e. The summed E-state index contributed by atoms with van der Waals surface area (Å²) >= 11 is 0. The Balaban J connectivity index is 0.000000504. The van der Waals surface area contributed by atoms with Gasteiger partial charge in [-0.25, -0.2) is 9.59 Å². The number of nitrogens with zero attached hydrogens (tertiary/aromatic N) is 1. The second kappa shape index (κ2) is 28.9. The highest BCUT2D eigenvalue weighted by Crippen LogP contribution is 2.34. The van der Waals surface area contributed by atoms with Crippen LogP contribution in [0.3, 0.4) is 0 Å². The molecule has 1 N–H and O–H groups in total. The predicted molar refractivity (Wildman–Crippen MR) is 228 cm³/mol. The first-order valence-electron chi connectivity index (χ1n) is 20.6. The molecule has 1 saturated carbocycles. The summed E-state index contributed by atoms with van der Waals surface area (Å²) < 4.78 is 15.9. The number of esters is 2. The fraction of sp³-hybridized carbons (Fsp3) is 0.468. The molecule has 11 heteroatoms. The number of rotatable bonds is 21. The summed E-state index contributed by atoms with van der Waals surface area (Å²) in [6.07, 6.45) is 19.9. The van der Waals surface area contributed by atoms with Crippen LogP contribution < -0.4 is 14.8 Å². The van der Waals surface area contributed by atoms with Gasteiger partial charge in [-0.15, -0.1) is 10.1 Å². The molecular weight excluding hydrogens is 737 g/mol. The van der Waals surface area contributed by atoms with Crippen LogP contribution in [0.25, 0.3) is 6.08 Å². The number of hydrogen-bond acceptors (Lipinski definition) is 9. The third kappa shape index (κ3) is 20.6. The van der Waals surface area contributed by atoms with Crippen LogP contribution in [0.1, 0.15) is 121 Å². The van der Waals surface area contributed by atoms with Crippen LogP contribution in [0.2, 0.25) is 0 Å². The minimum Gasteiger partial charge on any atom is -0.493 e. The molecule has 0 radical (unpaired) electrons. The van der Waals surface area contributed by atoms with E-state index in [2.05, 4.69) is 47.4 Å². The van der Waals surface area contributed by atoms with Gasteiger partial charge in [-0.3, -0.25) is 4.79 Å². The van der Waals surface area contributed by atoms with Crippen molar-refractivity contribution in [3.63, 3.8) is 0 Å². The van der Waals surface area contributed by atoms with Gasteiger partial charge in [-0.1, -0.05) is 126 Å². The van der Waals surface area contributed by atoms with Crippen LogP contribution in [0.15, 0.2) is 91.0 Å². The Hall–Kier alpha value is -5.45. The molecule has 3 aromatic carbocycles. The number of carbonyl (C=O) groups is 3. The number of hydrogen-bond donors (Lipinski definition) is 1. The Morgan fingerprint density at radius 1 is 0.897 bits per heavy atom. The minimum atomic E-state index is -0.866. The van der Waals surface area contributed by atoms with Crippen molar-refractivity contribution in [2.24, 2.45) is 11.8 Å². The van der Waals surface area contributed by atoms with E-state index >= 15 is 0 Å². The first-order valence-corrected chi connectivity index (χ1v) is 20.6. The van der Waals surface area contributed by atoms with Crippen molar-refractivity contribution < 1.29 is 38.5 Å². The van der Waals surface area contributed by atoms with Crippen LogP contribution in [-0.4, -0.2) is 36.1 Å². The van der Waals surface area contributed by atoms with Gasteiger partial charge < -0.3 is 24.4 Å². The summed E-state index contributed by atoms with van der Waals surface area (Å²) in [5.74, 6) is 1.04. The number of ether oxygens (including phenoxy) is 3. The second-order valence-corrected chi connectivity index (χ2v) is 14.2. The third-order valence-electron chi connectivity index (χ3n) is 9.52. The number of unbranched alkanes of at least 4 members (excludes halogenated alkanes) is 3. The average molecular weight is 801 g/mol. The van der Waals surface area contributed by atoms with Crippen LogP contribution in [0.4, 0.5) is 0 Å². The van der Waals surface area contributed by atoms with E-state index < -0.39 is 23.1 Å². The molecule has 0 heterocycles. The van der Waals surface area contributed by atoms with E-state index in [9.17, 15) is 24.5 Å². The second-order valence-electron chi connectivity index (χ2n) is 14.2. The summed E-state index contributed by atoms with van der Waals surface area (Å²) in [7, 11) is 1.42. The van der Waals surface area contributed by atoms with E-state index in [1.54, 1.807) is 43.3 Å². The van der Waals surface area contributed by atoms with Gasteiger partial charge in [0.2, 0.25) is 5.91 Å². The lowest BCUT2D eigenvalue weighted by Gasteiger charge is -2.15. The van der Waals surface area contributed by atoms with Gasteiger partial charge in [-0.05, 0) is 98.2 Å². The smallest absolute Gasteiger partial charge is 0.333 e. The summed E-state index contributed by atoms with van der Waals surface area (Å²) in [4.78, 5) is 51.1. The Labute approximate surface area is 345 Å². The molecule has 0 bridgehead atoms. The summed E-state index contributed by atoms with van der Waals surface area (Å²) in [6.45, 7) is 9.72. The Morgan fingerprint density at radius 3 is 2.24 bits per heavy atom. The van der Waals surface area contributed by atoms with Crippen molar-refractivity contribution in [1.82, 2.24) is 5.32 Å². The standard InChI is InChI=1S/C28H32N2O9.C17H26.C2H6/c1-4-5-6-7-8-26(31)29-20(2)28(33)39-24-15-13-21(17-25(24)36-3)14-16-27(32)37-18-22-9-11-23(12-10-22)19-38-30(34)35;1-15-12-13-17(14-15)11-7-3-6-10-16-8-4-2-5-9-16;1-2/h4-5,9-17,20H,6-8,18-19H2,1-3H3,(H,29,31);2,4-5,8-9,15,17H,3,6-7,10-14H2,1H3;1-2H3/b5-4-,16-14+;;. The van der Waals surface area contributed by atoms with E-state index in [0.29, 0.717) is 29.5 Å². The fourth-order valence-electron chi connectivity index (χ4n) is 6.39. The Kier molecular flexibility index (Phi) is 24.2. The van der Waals surface area contributed by atoms with E-state index in [-0.39, 0.29) is 30.6 Å². The fourth-order valence-corrected chi connectivity index (χ4v) is 6.39. The lowest BCUT2D eigenvalue weighted by atomic mass is 9.97. The van der Waals surface area contributed by atoms with Gasteiger partial charge in [0.25, 0.3) is 5.09 Å². The number of allylic oxidation sites excluding steroid dienone is 2. The monoisotopic (exact) mass is 800 g/mol. The van der Waals surface area contributed by atoms with Crippen molar-refractivity contribution in [3.05, 3.63) is 123 Å². The largest absolute Gasteiger partial charge is 0.493 e. The molecule has 1 aliphatic carbocycles. The SMILES string of the molecule is C/C=C\CCCC(=O)NC(C)C(=O)Oc1ccc(/C=C/C(=O)OCc2ccc(CO[N+](=O)[O-])cc2)cc1OC.CC.CC1CCC(CCCCCc2ccccc2)C1. The van der Waals surface area contributed by atoms with Crippen LogP contribution in [-0.2, 0) is 43.6 Å². The quantitative estimate of drug-likeness (QED) is 0.0212. The van der Waals surface area contributed by atoms with E-state index in [4.69, 9.17) is 14.2 Å². The molecule has 3 atom stereocenters.